The van der Waals surface area contributed by atoms with Gasteiger partial charge in [-0.05, 0) is 97.0 Å². The SMILES string of the molecule is c1ccc(-c2c3ccccc3c(-c3ccc4c(c3)oc3ccc5c(ccc6oc7ccccc7c65)c34)c3ccccc23)cc1. The van der Waals surface area contributed by atoms with Crippen LogP contribution in [0.3, 0.4) is 0 Å². The second kappa shape index (κ2) is 8.82. The summed E-state index contributed by atoms with van der Waals surface area (Å²) in [5.41, 5.74) is 8.49. The monoisotopic (exact) mass is 560 g/mol. The van der Waals surface area contributed by atoms with Gasteiger partial charge in [0.15, 0.2) is 0 Å². The Kier molecular flexibility index (Phi) is 4.75. The molecule has 0 bridgehead atoms. The highest BCUT2D eigenvalue weighted by Crippen LogP contribution is 2.45. The van der Waals surface area contributed by atoms with Gasteiger partial charge in [0.1, 0.15) is 22.3 Å². The first-order valence-electron chi connectivity index (χ1n) is 15.0. The van der Waals surface area contributed by atoms with Crippen LogP contribution in [0.5, 0.6) is 0 Å². The molecule has 0 fully saturated rings. The number of rotatable bonds is 2. The average molecular weight is 561 g/mol. The van der Waals surface area contributed by atoms with Crippen molar-refractivity contribution in [2.75, 3.05) is 0 Å². The van der Waals surface area contributed by atoms with Gasteiger partial charge in [-0.1, -0.05) is 103 Å². The molecule has 0 amide bonds. The lowest BCUT2D eigenvalue weighted by Gasteiger charge is -2.17. The molecule has 0 saturated carbocycles. The van der Waals surface area contributed by atoms with E-state index in [2.05, 4.69) is 133 Å². The molecule has 0 spiro atoms. The number of furan rings is 2. The van der Waals surface area contributed by atoms with E-state index < -0.39 is 0 Å². The quantitative estimate of drug-likeness (QED) is 0.197. The van der Waals surface area contributed by atoms with Gasteiger partial charge in [0.25, 0.3) is 0 Å². The topological polar surface area (TPSA) is 26.3 Å². The second-order valence-electron chi connectivity index (χ2n) is 11.6. The third kappa shape index (κ3) is 3.20. The summed E-state index contributed by atoms with van der Waals surface area (Å²) in [5.74, 6) is 0. The summed E-state index contributed by atoms with van der Waals surface area (Å²) in [4.78, 5) is 0. The zero-order chi connectivity index (χ0) is 28.8. The maximum Gasteiger partial charge on any atom is 0.136 e. The highest BCUT2D eigenvalue weighted by Gasteiger charge is 2.19. The summed E-state index contributed by atoms with van der Waals surface area (Å²) in [5, 5.41) is 11.9. The van der Waals surface area contributed by atoms with E-state index in [4.69, 9.17) is 8.83 Å². The van der Waals surface area contributed by atoms with Gasteiger partial charge in [-0.15, -0.1) is 0 Å². The summed E-state index contributed by atoms with van der Waals surface area (Å²) in [6.07, 6.45) is 0. The van der Waals surface area contributed by atoms with E-state index in [0.717, 1.165) is 49.4 Å². The standard InChI is InChI=1S/C42H24O2/c1-2-10-25(11-3-1)39-27-12-4-6-14-29(27)40(30-15-7-5-13-28(30)39)26-18-19-34-38(24-26)44-37-23-21-31-32(42(34)37)20-22-36-41(31)33-16-8-9-17-35(33)43-36/h1-24H. The Hall–Kier alpha value is -5.86. The molecule has 0 unspecified atom stereocenters. The smallest absolute Gasteiger partial charge is 0.136 e. The van der Waals surface area contributed by atoms with Crippen molar-refractivity contribution in [3.05, 3.63) is 146 Å². The molecule has 8 aromatic carbocycles. The van der Waals surface area contributed by atoms with E-state index in [1.807, 2.05) is 12.1 Å². The minimum absolute atomic E-state index is 0.891. The van der Waals surface area contributed by atoms with E-state index >= 15 is 0 Å². The van der Waals surface area contributed by atoms with E-state index in [9.17, 15) is 0 Å². The van der Waals surface area contributed by atoms with E-state index in [-0.39, 0.29) is 0 Å². The maximum atomic E-state index is 6.60. The van der Waals surface area contributed by atoms with Gasteiger partial charge >= 0.3 is 0 Å². The summed E-state index contributed by atoms with van der Waals surface area (Å²) >= 11 is 0. The van der Waals surface area contributed by atoms with Gasteiger partial charge in [-0.3, -0.25) is 0 Å². The van der Waals surface area contributed by atoms with Crippen molar-refractivity contribution >= 4 is 76.2 Å². The Labute approximate surface area is 252 Å². The third-order valence-corrected chi connectivity index (χ3v) is 9.25. The molecule has 44 heavy (non-hydrogen) atoms. The Morgan fingerprint density at radius 3 is 1.34 bits per heavy atom. The molecule has 0 saturated heterocycles. The molecule has 0 aliphatic heterocycles. The average Bonchev–Trinajstić information content (AvgIpc) is 3.65. The Balaban J connectivity index is 1.26. The largest absolute Gasteiger partial charge is 0.456 e. The van der Waals surface area contributed by atoms with Crippen LogP contribution in [0, 0.1) is 0 Å². The molecule has 204 valence electrons. The maximum absolute atomic E-state index is 6.60. The normalized spacial score (nSPS) is 12.1. The van der Waals surface area contributed by atoms with Gasteiger partial charge in [0.05, 0.1) is 0 Å². The lowest BCUT2D eigenvalue weighted by atomic mass is 9.86. The van der Waals surface area contributed by atoms with E-state index in [1.54, 1.807) is 0 Å². The predicted octanol–water partition coefficient (Wildman–Crippen LogP) is 12.3. The number of hydrogen-bond donors (Lipinski definition) is 0. The Bertz CT molecular complexity index is 2700. The molecule has 2 heterocycles. The first kappa shape index (κ1) is 23.7. The van der Waals surface area contributed by atoms with Crippen LogP contribution in [0.4, 0.5) is 0 Å². The van der Waals surface area contributed by atoms with Crippen molar-refractivity contribution in [1.82, 2.24) is 0 Å². The Morgan fingerprint density at radius 1 is 0.273 bits per heavy atom. The zero-order valence-electron chi connectivity index (χ0n) is 23.7. The second-order valence-corrected chi connectivity index (χ2v) is 11.6. The van der Waals surface area contributed by atoms with E-state index in [0.29, 0.717) is 0 Å². The van der Waals surface area contributed by atoms with Gasteiger partial charge in [0.2, 0.25) is 0 Å². The lowest BCUT2D eigenvalue weighted by molar-refractivity contribution is 0.668. The molecular formula is C42H24O2. The fraction of sp³-hybridized carbons (Fsp3) is 0. The molecule has 0 aliphatic carbocycles. The molecule has 2 nitrogen and oxygen atoms in total. The Morgan fingerprint density at radius 2 is 0.727 bits per heavy atom. The lowest BCUT2D eigenvalue weighted by Crippen LogP contribution is -1.90. The molecule has 0 N–H and O–H groups in total. The number of hydrogen-bond acceptors (Lipinski definition) is 2. The van der Waals surface area contributed by atoms with Crippen molar-refractivity contribution in [3.8, 4) is 22.3 Å². The van der Waals surface area contributed by atoms with Crippen molar-refractivity contribution in [1.29, 1.82) is 0 Å². The predicted molar refractivity (Wildman–Crippen MR) is 184 cm³/mol. The molecular weight excluding hydrogens is 536 g/mol. The molecule has 10 rings (SSSR count). The van der Waals surface area contributed by atoms with Crippen molar-refractivity contribution < 1.29 is 8.83 Å². The van der Waals surface area contributed by atoms with Crippen LogP contribution in [0.25, 0.3) is 98.4 Å². The number of benzene rings is 8. The van der Waals surface area contributed by atoms with Gasteiger partial charge < -0.3 is 8.83 Å². The van der Waals surface area contributed by atoms with Crippen LogP contribution >= 0.6 is 0 Å². The number of para-hydroxylation sites is 1. The van der Waals surface area contributed by atoms with Crippen LogP contribution < -0.4 is 0 Å². The number of fused-ring (bicyclic) bond motifs is 11. The van der Waals surface area contributed by atoms with Gasteiger partial charge in [0, 0.05) is 21.5 Å². The molecule has 2 heteroatoms. The molecule has 10 aromatic rings. The molecule has 0 atom stereocenters. The van der Waals surface area contributed by atoms with Crippen LogP contribution in [0.1, 0.15) is 0 Å². The fourth-order valence-corrected chi connectivity index (χ4v) is 7.41. The molecule has 2 aromatic heterocycles. The van der Waals surface area contributed by atoms with Crippen molar-refractivity contribution in [3.63, 3.8) is 0 Å². The third-order valence-electron chi connectivity index (χ3n) is 9.25. The van der Waals surface area contributed by atoms with E-state index in [1.165, 1.54) is 49.0 Å². The first-order chi connectivity index (χ1) is 21.8. The molecule has 0 aliphatic rings. The minimum Gasteiger partial charge on any atom is -0.456 e. The fourth-order valence-electron chi connectivity index (χ4n) is 7.41. The van der Waals surface area contributed by atoms with Gasteiger partial charge in [-0.2, -0.15) is 0 Å². The van der Waals surface area contributed by atoms with Crippen LogP contribution in [-0.4, -0.2) is 0 Å². The van der Waals surface area contributed by atoms with Crippen molar-refractivity contribution in [2.24, 2.45) is 0 Å². The first-order valence-corrected chi connectivity index (χ1v) is 15.0. The summed E-state index contributed by atoms with van der Waals surface area (Å²) < 4.78 is 12.8. The highest BCUT2D eigenvalue weighted by molar-refractivity contribution is 6.28. The van der Waals surface area contributed by atoms with Gasteiger partial charge in [-0.25, -0.2) is 0 Å². The minimum atomic E-state index is 0.891. The summed E-state index contributed by atoms with van der Waals surface area (Å²) in [6.45, 7) is 0. The van der Waals surface area contributed by atoms with Crippen molar-refractivity contribution in [2.45, 2.75) is 0 Å². The van der Waals surface area contributed by atoms with Crippen LogP contribution in [0.2, 0.25) is 0 Å². The zero-order valence-corrected chi connectivity index (χ0v) is 23.7. The summed E-state index contributed by atoms with van der Waals surface area (Å²) in [6, 6.07) is 51.8. The highest BCUT2D eigenvalue weighted by atomic mass is 16.3. The summed E-state index contributed by atoms with van der Waals surface area (Å²) in [7, 11) is 0. The van der Waals surface area contributed by atoms with Crippen LogP contribution in [-0.2, 0) is 0 Å². The van der Waals surface area contributed by atoms with Crippen LogP contribution in [0.15, 0.2) is 154 Å². The molecule has 0 radical (unpaired) electrons.